The van der Waals surface area contributed by atoms with Crippen LogP contribution in [0.3, 0.4) is 0 Å². The molecule has 1 atom stereocenters. The normalized spacial score (nSPS) is 14.1. The van der Waals surface area contributed by atoms with Crippen LogP contribution in [0.4, 0.5) is 10.8 Å². The van der Waals surface area contributed by atoms with Gasteiger partial charge in [-0.1, -0.05) is 34.1 Å². The van der Waals surface area contributed by atoms with E-state index < -0.39 is 35.4 Å². The average molecular weight is 648 g/mol. The van der Waals surface area contributed by atoms with E-state index in [0.29, 0.717) is 4.90 Å². The highest BCUT2D eigenvalue weighted by atomic mass is 127. The predicted molar refractivity (Wildman–Crippen MR) is 161 cm³/mol. The molecule has 3 aromatic rings. The lowest BCUT2D eigenvalue weighted by Crippen LogP contribution is -2.16. The Balaban J connectivity index is 1.55. The summed E-state index contributed by atoms with van der Waals surface area (Å²) < 4.78 is 29.4. The van der Waals surface area contributed by atoms with Crippen molar-refractivity contribution in [3.8, 4) is 0 Å². The third kappa shape index (κ3) is 7.87. The third-order valence-corrected chi connectivity index (χ3v) is 12.7. The number of fused-ring (bicyclic) bond motifs is 1. The first-order valence-electron chi connectivity index (χ1n) is 10.4. The maximum atomic E-state index is 12.3. The van der Waals surface area contributed by atoms with Gasteiger partial charge in [0.1, 0.15) is 3.76 Å². The van der Waals surface area contributed by atoms with Gasteiger partial charge in [0.15, 0.2) is 15.0 Å². The summed E-state index contributed by atoms with van der Waals surface area (Å²) in [5, 5.41) is 5.10. The first kappa shape index (κ1) is 27.3. The second-order valence-electron chi connectivity index (χ2n) is 7.81. The molecule has 0 aliphatic carbocycles. The molecule has 182 valence electrons. The predicted octanol–water partition coefficient (Wildman–Crippen LogP) is 7.05. The van der Waals surface area contributed by atoms with Gasteiger partial charge in [0.2, 0.25) is 0 Å². The Bertz CT molecular complexity index is 1300. The van der Waals surface area contributed by atoms with Crippen molar-refractivity contribution in [2.45, 2.75) is 30.0 Å². The Kier molecular flexibility index (Phi) is 9.74. The summed E-state index contributed by atoms with van der Waals surface area (Å²) in [4.78, 5) is 9.13. The van der Waals surface area contributed by atoms with Crippen LogP contribution in [0.15, 0.2) is 65.0 Å². The molecule has 0 saturated carbocycles. The molecule has 1 N–H and O–H groups in total. The Morgan fingerprint density at radius 1 is 1.32 bits per heavy atom. The van der Waals surface area contributed by atoms with Crippen LogP contribution in [0.25, 0.3) is 10.2 Å². The zero-order valence-electron chi connectivity index (χ0n) is 19.1. The second kappa shape index (κ2) is 12.1. The summed E-state index contributed by atoms with van der Waals surface area (Å²) in [5.74, 6) is 0.720. The highest BCUT2D eigenvalue weighted by molar-refractivity contribution is 14.2. The summed E-state index contributed by atoms with van der Waals surface area (Å²) in [6.07, 6.45) is 2.59. The lowest BCUT2D eigenvalue weighted by Gasteiger charge is -2.15. The maximum absolute atomic E-state index is 12.3. The van der Waals surface area contributed by atoms with E-state index >= 15 is 0 Å². The van der Waals surface area contributed by atoms with Crippen LogP contribution in [0.5, 0.6) is 0 Å². The number of allylic oxidation sites excluding steroid dienone is 1. The standard InChI is InChI=1S/C24H27ClIN3O2S3/c1-5-24(3,25)15-32-17(2)28-19-8-6-18(7-9-19)12-13-27-23-29-21-11-10-20(14-22(21)33-23)34(30,31)16-26-4/h5-11,14H,1,4,12-13,15-16H2,2-3H3,(H,27,29). The average Bonchev–Trinajstić information content (AvgIpc) is 3.21. The van der Waals surface area contributed by atoms with Crippen molar-refractivity contribution in [2.24, 2.45) is 4.99 Å². The van der Waals surface area contributed by atoms with Crippen molar-refractivity contribution >= 4 is 95.9 Å². The van der Waals surface area contributed by atoms with Crippen LogP contribution in [0.2, 0.25) is 0 Å². The van der Waals surface area contributed by atoms with Gasteiger partial charge in [0.25, 0.3) is 0 Å². The van der Waals surface area contributed by atoms with Gasteiger partial charge in [-0.2, -0.15) is 0 Å². The quantitative estimate of drug-likeness (QED) is 0.0794. The van der Waals surface area contributed by atoms with Crippen LogP contribution in [-0.4, -0.2) is 43.9 Å². The van der Waals surface area contributed by atoms with Crippen LogP contribution in [-0.2, 0) is 16.3 Å². The van der Waals surface area contributed by atoms with Gasteiger partial charge in [-0.25, -0.2) is 18.4 Å². The molecule has 3 rings (SSSR count). The van der Waals surface area contributed by atoms with E-state index in [9.17, 15) is 8.42 Å². The zero-order chi connectivity index (χ0) is 24.8. The van der Waals surface area contributed by atoms with Gasteiger partial charge in [-0.15, -0.1) is 50.7 Å². The fraction of sp³-hybridized carbons (Fsp3) is 0.292. The number of nitrogens with one attached hydrogen (secondary N) is 1. The molecule has 1 aromatic heterocycles. The lowest BCUT2D eigenvalue weighted by molar-refractivity contribution is 0.601. The summed E-state index contributed by atoms with van der Waals surface area (Å²) in [5.41, 5.74) is 2.91. The van der Waals surface area contributed by atoms with Gasteiger partial charge >= 0.3 is 0 Å². The summed E-state index contributed by atoms with van der Waals surface area (Å²) in [7, 11) is -3.24. The summed E-state index contributed by atoms with van der Waals surface area (Å²) in [6, 6.07) is 13.3. The minimum Gasteiger partial charge on any atom is -0.361 e. The van der Waals surface area contributed by atoms with Crippen molar-refractivity contribution < 1.29 is 8.42 Å². The Morgan fingerprint density at radius 2 is 2.06 bits per heavy atom. The maximum Gasteiger partial charge on any atom is 0.187 e. The Morgan fingerprint density at radius 3 is 2.74 bits per heavy atom. The Labute approximate surface area is 224 Å². The van der Waals surface area contributed by atoms with Crippen LogP contribution >= 0.6 is 55.4 Å². The molecule has 0 spiro atoms. The van der Waals surface area contributed by atoms with Crippen LogP contribution < -0.4 is 5.32 Å². The lowest BCUT2D eigenvalue weighted by atomic mass is 10.1. The topological polar surface area (TPSA) is 71.4 Å². The van der Waals surface area contributed by atoms with E-state index in [1.807, 2.05) is 26.0 Å². The van der Waals surface area contributed by atoms with Crippen molar-refractivity contribution in [1.29, 1.82) is 0 Å². The molecule has 0 fully saturated rings. The van der Waals surface area contributed by atoms with E-state index in [2.05, 4.69) is 38.5 Å². The van der Waals surface area contributed by atoms with Crippen molar-refractivity contribution in [3.05, 3.63) is 60.7 Å². The van der Waals surface area contributed by atoms with Gasteiger partial charge in [-0.05, 0) is 56.2 Å². The number of thiazole rings is 1. The first-order chi connectivity index (χ1) is 16.1. The molecule has 0 saturated heterocycles. The number of hydrogen-bond acceptors (Lipinski definition) is 7. The summed E-state index contributed by atoms with van der Waals surface area (Å²) >= 11 is 8.83. The number of benzene rings is 2. The number of thioether (sulfide) groups is 1. The number of halogens is 2. The molecule has 1 heterocycles. The number of alkyl halides is 2. The number of hydrogen-bond donors (Lipinski definition) is 1. The number of rotatable bonds is 11. The molecule has 0 bridgehead atoms. The smallest absolute Gasteiger partial charge is 0.187 e. The minimum absolute atomic E-state index is 0.159. The molecule has 5 nitrogen and oxygen atoms in total. The fourth-order valence-electron chi connectivity index (χ4n) is 2.91. The fourth-order valence-corrected chi connectivity index (χ4v) is 8.58. The van der Waals surface area contributed by atoms with Crippen molar-refractivity contribution in [3.63, 3.8) is 0 Å². The number of anilines is 1. The van der Waals surface area contributed by atoms with Crippen molar-refractivity contribution in [1.82, 2.24) is 4.98 Å². The molecular formula is C24H27ClIN3O2S3. The van der Waals surface area contributed by atoms with Gasteiger partial charge in [0.05, 0.1) is 30.7 Å². The molecular weight excluding hydrogens is 621 g/mol. The van der Waals surface area contributed by atoms with E-state index in [-0.39, 0.29) is 3.76 Å². The van der Waals surface area contributed by atoms with Gasteiger partial charge in [0, 0.05) is 12.3 Å². The second-order valence-corrected chi connectivity index (χ2v) is 15.7. The Hall–Kier alpha value is -1.27. The number of nitrogens with zero attached hydrogens (tertiary/aromatic N) is 2. The monoisotopic (exact) mass is 647 g/mol. The number of sulfone groups is 1. The van der Waals surface area contributed by atoms with Crippen molar-refractivity contribution in [2.75, 3.05) is 21.4 Å². The van der Waals surface area contributed by atoms with Gasteiger partial charge in [-0.3, -0.25) is 0 Å². The van der Waals surface area contributed by atoms with E-state index in [1.54, 1.807) is 36.0 Å². The molecule has 2 aromatic carbocycles. The molecule has 0 amide bonds. The molecule has 34 heavy (non-hydrogen) atoms. The first-order valence-corrected chi connectivity index (χ1v) is 17.3. The molecule has 10 heteroatoms. The molecule has 0 radical (unpaired) electrons. The van der Waals surface area contributed by atoms with Gasteiger partial charge < -0.3 is 5.32 Å². The third-order valence-electron chi connectivity index (χ3n) is 4.84. The van der Waals surface area contributed by atoms with Crippen LogP contribution in [0, 0.1) is 0 Å². The largest absolute Gasteiger partial charge is 0.361 e. The van der Waals surface area contributed by atoms with E-state index in [4.69, 9.17) is 11.6 Å². The molecule has 0 aliphatic rings. The van der Waals surface area contributed by atoms with E-state index in [0.717, 1.165) is 44.8 Å². The zero-order valence-corrected chi connectivity index (χ0v) is 24.4. The highest BCUT2D eigenvalue weighted by Crippen LogP contribution is 2.29. The van der Waals surface area contributed by atoms with Crippen LogP contribution in [0.1, 0.15) is 19.4 Å². The van der Waals surface area contributed by atoms with E-state index in [1.165, 1.54) is 16.9 Å². The number of aromatic nitrogens is 1. The highest BCUT2D eigenvalue weighted by Gasteiger charge is 2.16. The molecule has 1 unspecified atom stereocenters. The number of aliphatic imine (C=N–C) groups is 1. The molecule has 0 aliphatic heterocycles. The minimum atomic E-state index is -3.24. The summed E-state index contributed by atoms with van der Waals surface area (Å²) in [6.45, 7) is 8.41. The SMILES string of the molecule is C=CC(C)(Cl)CSC(C)=Nc1ccc(CCNc2nc3ccc(S(=O)(=O)CI=C)cc3s2)cc1.